The summed E-state index contributed by atoms with van der Waals surface area (Å²) >= 11 is 9.36. The van der Waals surface area contributed by atoms with Gasteiger partial charge in [-0.2, -0.15) is 0 Å². The third kappa shape index (κ3) is 7.74. The molecule has 0 aliphatic heterocycles. The van der Waals surface area contributed by atoms with Gasteiger partial charge in [-0.15, -0.1) is 0 Å². The summed E-state index contributed by atoms with van der Waals surface area (Å²) in [5, 5.41) is 3.15. The van der Waals surface area contributed by atoms with Crippen molar-refractivity contribution in [1.29, 1.82) is 0 Å². The summed E-state index contributed by atoms with van der Waals surface area (Å²) in [6, 6.07) is 18.8. The van der Waals surface area contributed by atoms with Crippen molar-refractivity contribution >= 4 is 55.1 Å². The number of sulfonamides is 1. The van der Waals surface area contributed by atoms with Crippen LogP contribution in [0.5, 0.6) is 5.75 Å². The summed E-state index contributed by atoms with van der Waals surface area (Å²) in [5.41, 5.74) is 1.03. The van der Waals surface area contributed by atoms with Crippen molar-refractivity contribution < 1.29 is 22.7 Å². The molecule has 0 unspecified atom stereocenters. The molecule has 0 heterocycles. The average molecular weight is 637 g/mol. The van der Waals surface area contributed by atoms with Crippen molar-refractivity contribution in [3.05, 3.63) is 87.9 Å². The lowest BCUT2D eigenvalue weighted by molar-refractivity contribution is -0.140. The Morgan fingerprint density at radius 2 is 1.59 bits per heavy atom. The van der Waals surface area contributed by atoms with E-state index in [1.54, 1.807) is 67.6 Å². The predicted octanol–water partition coefficient (Wildman–Crippen LogP) is 5.25. The molecule has 3 rings (SSSR count). The van der Waals surface area contributed by atoms with Crippen LogP contribution in [0.2, 0.25) is 5.02 Å². The second-order valence-corrected chi connectivity index (χ2v) is 11.8. The van der Waals surface area contributed by atoms with Crippen LogP contribution in [0.3, 0.4) is 0 Å². The first-order valence-corrected chi connectivity index (χ1v) is 15.0. The first kappa shape index (κ1) is 30.5. The van der Waals surface area contributed by atoms with Crippen LogP contribution in [0.25, 0.3) is 0 Å². The van der Waals surface area contributed by atoms with E-state index in [4.69, 9.17) is 16.3 Å². The summed E-state index contributed by atoms with van der Waals surface area (Å²) in [6.45, 7) is 3.68. The van der Waals surface area contributed by atoms with Gasteiger partial charge in [0.25, 0.3) is 10.0 Å². The van der Waals surface area contributed by atoms with Gasteiger partial charge in [0.1, 0.15) is 18.3 Å². The first-order chi connectivity index (χ1) is 18.6. The predicted molar refractivity (Wildman–Crippen MR) is 156 cm³/mol. The van der Waals surface area contributed by atoms with Crippen LogP contribution in [-0.4, -0.2) is 51.4 Å². The number of carbonyl (C=O) groups is 2. The Morgan fingerprint density at radius 3 is 2.13 bits per heavy atom. The van der Waals surface area contributed by atoms with E-state index in [2.05, 4.69) is 21.2 Å². The van der Waals surface area contributed by atoms with Gasteiger partial charge in [0.05, 0.1) is 17.2 Å². The fraction of sp³-hybridized carbons (Fsp3) is 0.286. The zero-order chi connectivity index (χ0) is 28.6. The molecule has 1 atom stereocenters. The highest BCUT2D eigenvalue weighted by atomic mass is 79.9. The Balaban J connectivity index is 2.05. The number of nitrogens with one attached hydrogen (secondary N) is 1. The number of hydrogen-bond donors (Lipinski definition) is 1. The van der Waals surface area contributed by atoms with Gasteiger partial charge in [-0.1, -0.05) is 46.6 Å². The highest BCUT2D eigenvalue weighted by Crippen LogP contribution is 2.27. The molecule has 2 amide bonds. The molecule has 0 aliphatic carbocycles. The van der Waals surface area contributed by atoms with Crippen LogP contribution in [0, 0.1) is 0 Å². The highest BCUT2D eigenvalue weighted by molar-refractivity contribution is 9.10. The van der Waals surface area contributed by atoms with Crippen LogP contribution in [-0.2, 0) is 26.2 Å². The van der Waals surface area contributed by atoms with Gasteiger partial charge in [0.15, 0.2) is 0 Å². The molecule has 1 N–H and O–H groups in total. The molecule has 3 aromatic carbocycles. The number of benzene rings is 3. The minimum absolute atomic E-state index is 0.0231. The standard InChI is InChI=1S/C28H31BrClN3O5S/c1-4-26(28(35)31-3)32(18-20-6-10-22(30)11-7-20)27(34)19-33(23-12-14-24(15-13-23)38-5-2)39(36,37)25-16-8-21(29)9-17-25/h6-17,26H,4-5,18-19H2,1-3H3,(H,31,35)/t26-/m0/s1. The smallest absolute Gasteiger partial charge is 0.264 e. The van der Waals surface area contributed by atoms with Gasteiger partial charge in [-0.3, -0.25) is 13.9 Å². The molecule has 208 valence electrons. The first-order valence-electron chi connectivity index (χ1n) is 12.4. The van der Waals surface area contributed by atoms with Crippen molar-refractivity contribution in [2.45, 2.75) is 37.8 Å². The zero-order valence-electron chi connectivity index (χ0n) is 21.9. The number of likely N-dealkylation sites (N-methyl/N-ethyl adjacent to an activating group) is 1. The lowest BCUT2D eigenvalue weighted by atomic mass is 10.1. The van der Waals surface area contributed by atoms with Gasteiger partial charge in [0.2, 0.25) is 11.8 Å². The van der Waals surface area contributed by atoms with E-state index in [1.165, 1.54) is 24.1 Å². The van der Waals surface area contributed by atoms with E-state index in [-0.39, 0.29) is 23.0 Å². The zero-order valence-corrected chi connectivity index (χ0v) is 25.1. The van der Waals surface area contributed by atoms with E-state index < -0.39 is 28.5 Å². The molecule has 0 saturated carbocycles. The Bertz CT molecular complexity index is 1370. The van der Waals surface area contributed by atoms with Gasteiger partial charge >= 0.3 is 0 Å². The number of nitrogens with zero attached hydrogens (tertiary/aromatic N) is 2. The lowest BCUT2D eigenvalue weighted by Crippen LogP contribution is -2.51. The number of amides is 2. The van der Waals surface area contributed by atoms with Crippen molar-refractivity contribution in [3.63, 3.8) is 0 Å². The van der Waals surface area contributed by atoms with Crippen LogP contribution in [0.15, 0.2) is 82.2 Å². The van der Waals surface area contributed by atoms with E-state index in [0.717, 1.165) is 14.3 Å². The van der Waals surface area contributed by atoms with Gasteiger partial charge < -0.3 is 15.0 Å². The van der Waals surface area contributed by atoms with Gasteiger partial charge in [-0.25, -0.2) is 8.42 Å². The maximum atomic E-state index is 13.9. The maximum Gasteiger partial charge on any atom is 0.264 e. The Hall–Kier alpha value is -3.08. The third-order valence-corrected chi connectivity index (χ3v) is 8.58. The largest absolute Gasteiger partial charge is 0.494 e. The minimum Gasteiger partial charge on any atom is -0.494 e. The van der Waals surface area contributed by atoms with E-state index in [1.807, 2.05) is 6.92 Å². The Labute approximate surface area is 243 Å². The molecule has 0 aromatic heterocycles. The van der Waals surface area contributed by atoms with Crippen LogP contribution in [0.1, 0.15) is 25.8 Å². The van der Waals surface area contributed by atoms with Crippen LogP contribution < -0.4 is 14.4 Å². The molecule has 0 aliphatic rings. The molecular weight excluding hydrogens is 606 g/mol. The molecule has 3 aromatic rings. The Kier molecular flexibility index (Phi) is 10.8. The molecular formula is C28H31BrClN3O5S. The monoisotopic (exact) mass is 635 g/mol. The fourth-order valence-electron chi connectivity index (χ4n) is 4.01. The molecule has 0 bridgehead atoms. The molecule has 0 spiro atoms. The molecule has 0 saturated heterocycles. The fourth-order valence-corrected chi connectivity index (χ4v) is 5.81. The summed E-state index contributed by atoms with van der Waals surface area (Å²) in [7, 11) is -2.65. The number of anilines is 1. The molecule has 0 radical (unpaired) electrons. The summed E-state index contributed by atoms with van der Waals surface area (Å²) in [5.74, 6) is -0.304. The van der Waals surface area contributed by atoms with Crippen LogP contribution in [0.4, 0.5) is 5.69 Å². The van der Waals surface area contributed by atoms with Crippen molar-refractivity contribution in [3.8, 4) is 5.75 Å². The van der Waals surface area contributed by atoms with Crippen molar-refractivity contribution in [2.24, 2.45) is 0 Å². The SMILES string of the molecule is CCOc1ccc(N(CC(=O)N(Cc2ccc(Cl)cc2)[C@@H](CC)C(=O)NC)S(=O)(=O)c2ccc(Br)cc2)cc1. The number of hydrogen-bond acceptors (Lipinski definition) is 5. The maximum absolute atomic E-state index is 13.9. The van der Waals surface area contributed by atoms with Crippen molar-refractivity contribution in [2.75, 3.05) is 24.5 Å². The molecule has 8 nitrogen and oxygen atoms in total. The number of halogens is 2. The van der Waals surface area contributed by atoms with E-state index >= 15 is 0 Å². The summed E-state index contributed by atoms with van der Waals surface area (Å²) < 4.78 is 35.0. The van der Waals surface area contributed by atoms with Crippen molar-refractivity contribution in [1.82, 2.24) is 10.2 Å². The topological polar surface area (TPSA) is 96.0 Å². The number of rotatable bonds is 12. The highest BCUT2D eigenvalue weighted by Gasteiger charge is 2.33. The lowest BCUT2D eigenvalue weighted by Gasteiger charge is -2.33. The molecule has 11 heteroatoms. The molecule has 39 heavy (non-hydrogen) atoms. The minimum atomic E-state index is -4.16. The van der Waals surface area contributed by atoms with E-state index in [0.29, 0.717) is 23.8 Å². The number of carbonyl (C=O) groups excluding carboxylic acids is 2. The average Bonchev–Trinajstić information content (AvgIpc) is 2.93. The normalized spacial score (nSPS) is 11.9. The second kappa shape index (κ2) is 13.8. The van der Waals surface area contributed by atoms with Gasteiger partial charge in [0, 0.05) is 23.1 Å². The Morgan fingerprint density at radius 1 is 0.974 bits per heavy atom. The quantitative estimate of drug-likeness (QED) is 0.293. The number of ether oxygens (including phenoxy) is 1. The van der Waals surface area contributed by atoms with Gasteiger partial charge in [-0.05, 0) is 79.6 Å². The summed E-state index contributed by atoms with van der Waals surface area (Å²) in [6.07, 6.45) is 0.335. The summed E-state index contributed by atoms with van der Waals surface area (Å²) in [4.78, 5) is 28.1. The molecule has 0 fully saturated rings. The van der Waals surface area contributed by atoms with E-state index in [9.17, 15) is 18.0 Å². The van der Waals surface area contributed by atoms with Crippen LogP contribution >= 0.6 is 27.5 Å². The third-order valence-electron chi connectivity index (χ3n) is 6.01. The second-order valence-electron chi connectivity index (χ2n) is 8.58.